The third-order valence-corrected chi connectivity index (χ3v) is 2.64. The average molecular weight is 240 g/mol. The summed E-state index contributed by atoms with van der Waals surface area (Å²) in [4.78, 5) is 24.8. The first-order valence-corrected chi connectivity index (χ1v) is 4.73. The summed E-state index contributed by atoms with van der Waals surface area (Å²) in [7, 11) is 0. The number of hydrogen-bond donors (Lipinski definition) is 1. The van der Waals surface area contributed by atoms with Gasteiger partial charge in [-0.15, -0.1) is 0 Å². The van der Waals surface area contributed by atoms with E-state index in [1.54, 1.807) is 0 Å². The van der Waals surface area contributed by atoms with Crippen molar-refractivity contribution in [3.8, 4) is 0 Å². The Morgan fingerprint density at radius 1 is 1.56 bits per heavy atom. The first kappa shape index (κ1) is 10.6. The summed E-state index contributed by atoms with van der Waals surface area (Å²) >= 11 is 5.88. The van der Waals surface area contributed by atoms with Crippen molar-refractivity contribution in [2.45, 2.75) is 6.04 Å². The van der Waals surface area contributed by atoms with Crippen molar-refractivity contribution in [2.75, 3.05) is 0 Å². The molecule has 7 heteroatoms. The Morgan fingerprint density at radius 2 is 2.31 bits per heavy atom. The summed E-state index contributed by atoms with van der Waals surface area (Å²) in [6.45, 7) is 0. The zero-order valence-electron chi connectivity index (χ0n) is 7.88. The smallest absolute Gasteiger partial charge is 0.288 e. The van der Waals surface area contributed by atoms with Crippen LogP contribution in [0.3, 0.4) is 0 Å². The van der Waals surface area contributed by atoms with E-state index in [1.165, 1.54) is 18.5 Å². The van der Waals surface area contributed by atoms with Gasteiger partial charge in [-0.3, -0.25) is 10.1 Å². The van der Waals surface area contributed by atoms with Crippen LogP contribution < -0.4 is 5.32 Å². The van der Waals surface area contributed by atoms with Gasteiger partial charge in [0.15, 0.2) is 0 Å². The van der Waals surface area contributed by atoms with Gasteiger partial charge in [0.1, 0.15) is 17.4 Å². The molecular weight excluding hydrogens is 234 g/mol. The molecule has 1 N–H and O–H groups in total. The quantitative estimate of drug-likeness (QED) is 0.484. The highest BCUT2D eigenvalue weighted by Crippen LogP contribution is 2.39. The lowest BCUT2D eigenvalue weighted by Gasteiger charge is -2.18. The van der Waals surface area contributed by atoms with E-state index < -0.39 is 11.0 Å². The Balaban J connectivity index is 2.66. The number of rotatable bonds is 2. The summed E-state index contributed by atoms with van der Waals surface area (Å²) in [5, 5.41) is 13.3. The average Bonchev–Trinajstić information content (AvgIpc) is 2.28. The molecule has 16 heavy (non-hydrogen) atoms. The topological polar surface area (TPSA) is 84.6 Å². The highest BCUT2D eigenvalue weighted by Gasteiger charge is 2.26. The van der Waals surface area contributed by atoms with Gasteiger partial charge < -0.3 is 10.1 Å². The Labute approximate surface area is 95.1 Å². The number of halogens is 1. The fourth-order valence-electron chi connectivity index (χ4n) is 1.50. The van der Waals surface area contributed by atoms with Crippen molar-refractivity contribution < 1.29 is 9.72 Å². The minimum Gasteiger partial charge on any atom is -0.363 e. The first-order chi connectivity index (χ1) is 7.65. The van der Waals surface area contributed by atoms with E-state index >= 15 is 0 Å². The van der Waals surface area contributed by atoms with Gasteiger partial charge in [-0.25, -0.2) is 4.99 Å². The van der Waals surface area contributed by atoms with Crippen LogP contribution in [0.4, 0.5) is 11.4 Å². The summed E-state index contributed by atoms with van der Waals surface area (Å²) in [6, 6.07) is 2.04. The predicted octanol–water partition coefficient (Wildman–Crippen LogP) is 1.75. The molecule has 6 nitrogen and oxygen atoms in total. The fraction of sp³-hybridized carbons (Fsp3) is 0.111. The molecule has 82 valence electrons. The van der Waals surface area contributed by atoms with Gasteiger partial charge >= 0.3 is 0 Å². The zero-order chi connectivity index (χ0) is 11.7. The number of nitro groups is 1. The van der Waals surface area contributed by atoms with Gasteiger partial charge in [0.05, 0.1) is 16.9 Å². The highest BCUT2D eigenvalue weighted by atomic mass is 35.5. The van der Waals surface area contributed by atoms with Crippen molar-refractivity contribution in [3.63, 3.8) is 0 Å². The van der Waals surface area contributed by atoms with E-state index in [9.17, 15) is 14.9 Å². The van der Waals surface area contributed by atoms with Crippen molar-refractivity contribution in [2.24, 2.45) is 4.99 Å². The lowest BCUT2D eigenvalue weighted by molar-refractivity contribution is -0.384. The normalized spacial score (nSPS) is 17.4. The Bertz CT molecular complexity index is 501. The van der Waals surface area contributed by atoms with E-state index in [2.05, 4.69) is 10.3 Å². The molecule has 1 aliphatic heterocycles. The number of aliphatic imine (C=N–C) groups is 1. The molecule has 1 atom stereocenters. The summed E-state index contributed by atoms with van der Waals surface area (Å²) in [6.07, 6.45) is 1.99. The number of nitrogens with zero attached hydrogens (tertiary/aromatic N) is 2. The van der Waals surface area contributed by atoms with Crippen molar-refractivity contribution in [1.82, 2.24) is 5.32 Å². The Hall–Kier alpha value is -1.95. The van der Waals surface area contributed by atoms with Gasteiger partial charge in [0.2, 0.25) is 0 Å². The maximum atomic E-state index is 10.8. The molecule has 0 saturated carbocycles. The summed E-state index contributed by atoms with van der Waals surface area (Å²) in [5.74, 6) is 0. The maximum Gasteiger partial charge on any atom is 0.288 e. The third kappa shape index (κ3) is 1.53. The molecule has 1 aromatic rings. The molecule has 1 heterocycles. The van der Waals surface area contributed by atoms with Crippen LogP contribution in [0.2, 0.25) is 5.02 Å². The SMILES string of the molecule is O=CC1NC=Nc2ccc([N+](=O)[O-])c(Cl)c21. The van der Waals surface area contributed by atoms with Crippen LogP contribution >= 0.6 is 11.6 Å². The number of hydrogen-bond acceptors (Lipinski definition) is 5. The van der Waals surface area contributed by atoms with E-state index in [0.717, 1.165) is 0 Å². The maximum absolute atomic E-state index is 10.8. The second-order valence-corrected chi connectivity index (χ2v) is 3.51. The number of carbonyl (C=O) groups excluding carboxylic acids is 1. The molecule has 0 amide bonds. The van der Waals surface area contributed by atoms with E-state index in [-0.39, 0.29) is 10.7 Å². The first-order valence-electron chi connectivity index (χ1n) is 4.36. The van der Waals surface area contributed by atoms with E-state index in [0.29, 0.717) is 17.5 Å². The monoisotopic (exact) mass is 239 g/mol. The molecule has 0 fully saturated rings. The number of fused-ring (bicyclic) bond motifs is 1. The molecule has 2 rings (SSSR count). The molecule has 0 saturated heterocycles. The fourth-order valence-corrected chi connectivity index (χ4v) is 1.84. The van der Waals surface area contributed by atoms with Crippen LogP contribution in [0.1, 0.15) is 11.6 Å². The molecule has 1 aliphatic rings. The molecule has 0 spiro atoms. The molecule has 0 radical (unpaired) electrons. The highest BCUT2D eigenvalue weighted by molar-refractivity contribution is 6.34. The molecule has 1 aromatic carbocycles. The van der Waals surface area contributed by atoms with Gasteiger partial charge in [-0.2, -0.15) is 0 Å². The second-order valence-electron chi connectivity index (χ2n) is 3.13. The number of carbonyl (C=O) groups is 1. The van der Waals surface area contributed by atoms with Crippen LogP contribution in [-0.2, 0) is 4.79 Å². The van der Waals surface area contributed by atoms with Crippen LogP contribution in [0.25, 0.3) is 0 Å². The van der Waals surface area contributed by atoms with Crippen LogP contribution in [0, 0.1) is 10.1 Å². The summed E-state index contributed by atoms with van der Waals surface area (Å²) in [5.41, 5.74) is 0.575. The number of nitro benzene ring substituents is 1. The second kappa shape index (κ2) is 3.90. The van der Waals surface area contributed by atoms with Gasteiger partial charge in [-0.1, -0.05) is 11.6 Å². The third-order valence-electron chi connectivity index (χ3n) is 2.24. The van der Waals surface area contributed by atoms with E-state index in [4.69, 9.17) is 11.6 Å². The van der Waals surface area contributed by atoms with Crippen LogP contribution in [0.5, 0.6) is 0 Å². The van der Waals surface area contributed by atoms with Gasteiger partial charge in [-0.05, 0) is 6.07 Å². The van der Waals surface area contributed by atoms with E-state index in [1.807, 2.05) is 0 Å². The lowest BCUT2D eigenvalue weighted by atomic mass is 10.0. The number of aldehydes is 1. The zero-order valence-corrected chi connectivity index (χ0v) is 8.64. The van der Waals surface area contributed by atoms with Crippen molar-refractivity contribution >= 4 is 35.6 Å². The van der Waals surface area contributed by atoms with Crippen LogP contribution in [0.15, 0.2) is 17.1 Å². The van der Waals surface area contributed by atoms with Crippen LogP contribution in [-0.4, -0.2) is 17.5 Å². The lowest BCUT2D eigenvalue weighted by Crippen LogP contribution is -2.24. The largest absolute Gasteiger partial charge is 0.363 e. The Morgan fingerprint density at radius 3 is 2.94 bits per heavy atom. The molecular formula is C9H6ClN3O3. The standard InChI is InChI=1S/C9H6ClN3O3/c10-9-7(13(15)16)2-1-5-8(9)6(3-14)12-4-11-5/h1-4,6H,(H,11,12). The number of nitrogens with one attached hydrogen (secondary N) is 1. The number of benzene rings is 1. The Kier molecular flexibility index (Phi) is 2.57. The van der Waals surface area contributed by atoms with Gasteiger partial charge in [0, 0.05) is 11.6 Å². The minimum atomic E-state index is -0.695. The molecule has 0 aliphatic carbocycles. The van der Waals surface area contributed by atoms with Gasteiger partial charge in [0.25, 0.3) is 5.69 Å². The minimum absolute atomic E-state index is 0.0519. The molecule has 0 aromatic heterocycles. The van der Waals surface area contributed by atoms with Crippen molar-refractivity contribution in [3.05, 3.63) is 32.8 Å². The van der Waals surface area contributed by atoms with Crippen molar-refractivity contribution in [1.29, 1.82) is 0 Å². The summed E-state index contributed by atoms with van der Waals surface area (Å²) < 4.78 is 0. The molecule has 1 unspecified atom stereocenters. The predicted molar refractivity (Wildman–Crippen MR) is 58.2 cm³/mol. The molecule has 0 bridgehead atoms.